The van der Waals surface area contributed by atoms with Crippen LogP contribution in [0.5, 0.6) is 0 Å². The third-order valence-electron chi connectivity index (χ3n) is 1.89. The van der Waals surface area contributed by atoms with Crippen molar-refractivity contribution in [3.63, 3.8) is 0 Å². The van der Waals surface area contributed by atoms with Crippen molar-refractivity contribution in [3.8, 4) is 0 Å². The van der Waals surface area contributed by atoms with E-state index in [0.717, 1.165) is 5.56 Å². The molecule has 5 nitrogen and oxygen atoms in total. The van der Waals surface area contributed by atoms with Gasteiger partial charge in [-0.1, -0.05) is 13.8 Å². The molecule has 0 bridgehead atoms. The van der Waals surface area contributed by atoms with Crippen LogP contribution in [0.4, 0.5) is 5.82 Å². The van der Waals surface area contributed by atoms with E-state index in [9.17, 15) is 4.79 Å². The minimum atomic E-state index is -0.0531. The fourth-order valence-electron chi connectivity index (χ4n) is 1.05. The zero-order valence-corrected chi connectivity index (χ0v) is 8.74. The van der Waals surface area contributed by atoms with E-state index in [1.807, 2.05) is 13.8 Å². The number of nitrogens with two attached hydrogens (primary N) is 1. The fraction of sp³-hybridized carbons (Fsp3) is 0.556. The van der Waals surface area contributed by atoms with E-state index in [1.165, 1.54) is 0 Å². The molecular weight excluding hydrogens is 180 g/mol. The van der Waals surface area contributed by atoms with Crippen LogP contribution < -0.4 is 11.1 Å². The van der Waals surface area contributed by atoms with Gasteiger partial charge in [-0.25, -0.2) is 0 Å². The Labute approximate surface area is 83.3 Å². The van der Waals surface area contributed by atoms with Gasteiger partial charge in [-0.2, -0.15) is 5.10 Å². The van der Waals surface area contributed by atoms with Gasteiger partial charge in [0, 0.05) is 31.3 Å². The van der Waals surface area contributed by atoms with Gasteiger partial charge >= 0.3 is 0 Å². The monoisotopic (exact) mass is 196 g/mol. The van der Waals surface area contributed by atoms with Gasteiger partial charge in [0.1, 0.15) is 0 Å². The highest BCUT2D eigenvalue weighted by Gasteiger charge is 2.12. The number of amides is 1. The van der Waals surface area contributed by atoms with Crippen LogP contribution in [0, 0.1) is 5.92 Å². The van der Waals surface area contributed by atoms with Crippen LogP contribution in [0.2, 0.25) is 0 Å². The molecule has 0 spiro atoms. The molecule has 5 heteroatoms. The van der Waals surface area contributed by atoms with Crippen LogP contribution in [0.3, 0.4) is 0 Å². The summed E-state index contributed by atoms with van der Waals surface area (Å²) < 4.78 is 1.64. The number of anilines is 1. The van der Waals surface area contributed by atoms with Gasteiger partial charge in [0.15, 0.2) is 5.82 Å². The average Bonchev–Trinajstić information content (AvgIpc) is 2.45. The Morgan fingerprint density at radius 3 is 2.86 bits per heavy atom. The van der Waals surface area contributed by atoms with Gasteiger partial charge < -0.3 is 11.1 Å². The first-order chi connectivity index (χ1) is 6.54. The largest absolute Gasteiger partial charge is 0.326 e. The van der Waals surface area contributed by atoms with Crippen molar-refractivity contribution in [1.29, 1.82) is 0 Å². The molecule has 0 aliphatic rings. The summed E-state index contributed by atoms with van der Waals surface area (Å²) in [5.74, 6) is 0.467. The normalized spacial score (nSPS) is 10.6. The average molecular weight is 196 g/mol. The highest BCUT2D eigenvalue weighted by Crippen LogP contribution is 2.12. The second kappa shape index (κ2) is 4.23. The number of nitrogens with one attached hydrogen (secondary N) is 1. The van der Waals surface area contributed by atoms with E-state index >= 15 is 0 Å². The van der Waals surface area contributed by atoms with E-state index in [0.29, 0.717) is 12.4 Å². The van der Waals surface area contributed by atoms with Gasteiger partial charge in [-0.3, -0.25) is 9.48 Å². The molecule has 0 aromatic carbocycles. The molecule has 0 fully saturated rings. The van der Waals surface area contributed by atoms with Crippen LogP contribution in [-0.2, 0) is 18.4 Å². The lowest BCUT2D eigenvalue weighted by molar-refractivity contribution is -0.118. The quantitative estimate of drug-likeness (QED) is 0.738. The molecule has 1 aromatic heterocycles. The Morgan fingerprint density at radius 1 is 1.71 bits per heavy atom. The molecule has 0 aliphatic carbocycles. The predicted molar refractivity (Wildman–Crippen MR) is 54.6 cm³/mol. The molecule has 0 saturated carbocycles. The summed E-state index contributed by atoms with van der Waals surface area (Å²) in [5.41, 5.74) is 6.36. The van der Waals surface area contributed by atoms with Crippen LogP contribution in [0.1, 0.15) is 19.4 Å². The Morgan fingerprint density at radius 2 is 2.36 bits per heavy atom. The minimum absolute atomic E-state index is 0.0431. The lowest BCUT2D eigenvalue weighted by Gasteiger charge is -2.05. The van der Waals surface area contributed by atoms with Crippen LogP contribution in [0.25, 0.3) is 0 Å². The fourth-order valence-corrected chi connectivity index (χ4v) is 1.05. The minimum Gasteiger partial charge on any atom is -0.326 e. The van der Waals surface area contributed by atoms with Crippen molar-refractivity contribution in [1.82, 2.24) is 9.78 Å². The smallest absolute Gasteiger partial charge is 0.228 e. The van der Waals surface area contributed by atoms with Gasteiger partial charge in [-0.15, -0.1) is 0 Å². The summed E-state index contributed by atoms with van der Waals surface area (Å²) in [4.78, 5) is 11.4. The van der Waals surface area contributed by atoms with Crippen molar-refractivity contribution < 1.29 is 4.79 Å². The Kier molecular flexibility index (Phi) is 3.24. The maximum absolute atomic E-state index is 11.4. The van der Waals surface area contributed by atoms with Crippen molar-refractivity contribution in [2.75, 3.05) is 5.32 Å². The molecular formula is C9H16N4O. The first kappa shape index (κ1) is 10.7. The molecule has 0 atom stereocenters. The molecule has 1 rings (SSSR count). The summed E-state index contributed by atoms with van der Waals surface area (Å²) in [6, 6.07) is 0. The van der Waals surface area contributed by atoms with Gasteiger partial charge in [0.05, 0.1) is 0 Å². The topological polar surface area (TPSA) is 72.9 Å². The highest BCUT2D eigenvalue weighted by atomic mass is 16.1. The highest BCUT2D eigenvalue weighted by molar-refractivity contribution is 5.91. The Hall–Kier alpha value is -1.36. The second-order valence-electron chi connectivity index (χ2n) is 3.52. The molecule has 78 valence electrons. The van der Waals surface area contributed by atoms with Crippen molar-refractivity contribution in [2.45, 2.75) is 20.4 Å². The Bertz CT molecular complexity index is 330. The van der Waals surface area contributed by atoms with Gasteiger partial charge in [0.2, 0.25) is 5.91 Å². The summed E-state index contributed by atoms with van der Waals surface area (Å²) in [7, 11) is 1.80. The predicted octanol–water partition coefficient (Wildman–Crippen LogP) is 0.473. The molecule has 0 unspecified atom stereocenters. The van der Waals surface area contributed by atoms with Crippen molar-refractivity contribution >= 4 is 11.7 Å². The summed E-state index contributed by atoms with van der Waals surface area (Å²) >= 11 is 0. The lowest BCUT2D eigenvalue weighted by Crippen LogP contribution is -2.19. The number of carbonyl (C=O) groups excluding carboxylic acids is 1. The molecule has 0 aliphatic heterocycles. The number of hydrogen-bond acceptors (Lipinski definition) is 3. The van der Waals surface area contributed by atoms with E-state index in [4.69, 9.17) is 5.73 Å². The van der Waals surface area contributed by atoms with Gasteiger partial charge in [0.25, 0.3) is 0 Å². The maximum atomic E-state index is 11.4. The number of carbonyl (C=O) groups is 1. The van der Waals surface area contributed by atoms with Crippen LogP contribution >= 0.6 is 0 Å². The summed E-state index contributed by atoms with van der Waals surface area (Å²) in [6.45, 7) is 4.04. The van der Waals surface area contributed by atoms with Crippen LogP contribution in [0.15, 0.2) is 6.20 Å². The molecule has 1 amide bonds. The van der Waals surface area contributed by atoms with E-state index < -0.39 is 0 Å². The third kappa shape index (κ3) is 2.32. The number of hydrogen-bond donors (Lipinski definition) is 2. The Balaban J connectivity index is 2.80. The number of aryl methyl sites for hydroxylation is 1. The van der Waals surface area contributed by atoms with Crippen molar-refractivity contribution in [3.05, 3.63) is 11.8 Å². The molecule has 1 heterocycles. The number of aromatic nitrogens is 2. The zero-order chi connectivity index (χ0) is 10.7. The SMILES string of the molecule is CC(C)C(=O)Nc1nn(C)cc1CN. The first-order valence-corrected chi connectivity index (χ1v) is 4.58. The second-order valence-corrected chi connectivity index (χ2v) is 3.52. The summed E-state index contributed by atoms with van der Waals surface area (Å²) in [6.07, 6.45) is 1.80. The first-order valence-electron chi connectivity index (χ1n) is 4.58. The van der Waals surface area contributed by atoms with Gasteiger partial charge in [-0.05, 0) is 0 Å². The molecule has 14 heavy (non-hydrogen) atoms. The summed E-state index contributed by atoms with van der Waals surface area (Å²) in [5, 5.41) is 6.84. The molecule has 0 saturated heterocycles. The van der Waals surface area contributed by atoms with E-state index in [-0.39, 0.29) is 11.8 Å². The van der Waals surface area contributed by atoms with E-state index in [2.05, 4.69) is 10.4 Å². The standard InChI is InChI=1S/C9H16N4O/c1-6(2)9(14)11-8-7(4-10)5-13(3)12-8/h5-6H,4,10H2,1-3H3,(H,11,12,14). The zero-order valence-electron chi connectivity index (χ0n) is 8.74. The molecule has 0 radical (unpaired) electrons. The molecule has 3 N–H and O–H groups in total. The molecule has 1 aromatic rings. The maximum Gasteiger partial charge on any atom is 0.228 e. The lowest BCUT2D eigenvalue weighted by atomic mass is 10.2. The number of nitrogens with zero attached hydrogens (tertiary/aromatic N) is 2. The van der Waals surface area contributed by atoms with E-state index in [1.54, 1.807) is 17.9 Å². The van der Waals surface area contributed by atoms with Crippen molar-refractivity contribution in [2.24, 2.45) is 18.7 Å². The van der Waals surface area contributed by atoms with Crippen LogP contribution in [-0.4, -0.2) is 15.7 Å². The number of rotatable bonds is 3. The third-order valence-corrected chi connectivity index (χ3v) is 1.89.